The number of carbonyl (C=O) groups excluding carboxylic acids is 2. The lowest BCUT2D eigenvalue weighted by Crippen LogP contribution is -2.46. The van der Waals surface area contributed by atoms with Gasteiger partial charge in [-0.15, -0.1) is 0 Å². The molecule has 2 unspecified atom stereocenters. The topological polar surface area (TPSA) is 49.4 Å². The number of nitrogens with zero attached hydrogens (tertiary/aromatic N) is 1. The van der Waals surface area contributed by atoms with Gasteiger partial charge in [-0.3, -0.25) is 9.59 Å². The van der Waals surface area contributed by atoms with Crippen LogP contribution < -0.4 is 5.32 Å². The van der Waals surface area contributed by atoms with Gasteiger partial charge in [0.25, 0.3) is 0 Å². The Morgan fingerprint density at radius 2 is 2.00 bits per heavy atom. The van der Waals surface area contributed by atoms with Crippen molar-refractivity contribution in [3.63, 3.8) is 0 Å². The van der Waals surface area contributed by atoms with Crippen LogP contribution in [-0.4, -0.2) is 29.3 Å². The molecule has 0 spiro atoms. The van der Waals surface area contributed by atoms with Gasteiger partial charge in [0.05, 0.1) is 6.04 Å². The Hall–Kier alpha value is -1.84. The molecule has 0 radical (unpaired) electrons. The summed E-state index contributed by atoms with van der Waals surface area (Å²) in [5.74, 6) is 0.178. The first-order valence-corrected chi connectivity index (χ1v) is 8.21. The van der Waals surface area contributed by atoms with E-state index in [0.29, 0.717) is 6.42 Å². The fraction of sp³-hybridized carbons (Fsp3) is 0.556. The quantitative estimate of drug-likeness (QED) is 0.909. The van der Waals surface area contributed by atoms with Crippen LogP contribution in [0.4, 0.5) is 0 Å². The standard InChI is InChI=1S/C18H26N2O2/c1-4-10-20(18(22)5-2)15-11-14-8-6-7-9-16(14)17(12-15)19-13(3)21/h6-9,15,17H,4-5,10-12H2,1-3H3,(H,19,21). The van der Waals surface area contributed by atoms with E-state index in [1.54, 1.807) is 6.92 Å². The van der Waals surface area contributed by atoms with Crippen LogP contribution in [0.5, 0.6) is 0 Å². The van der Waals surface area contributed by atoms with Crippen LogP contribution in [0, 0.1) is 0 Å². The van der Waals surface area contributed by atoms with Gasteiger partial charge in [0.2, 0.25) is 11.8 Å². The van der Waals surface area contributed by atoms with Crippen LogP contribution in [0.15, 0.2) is 24.3 Å². The van der Waals surface area contributed by atoms with E-state index in [0.717, 1.165) is 25.8 Å². The van der Waals surface area contributed by atoms with Crippen LogP contribution in [0.1, 0.15) is 57.2 Å². The summed E-state index contributed by atoms with van der Waals surface area (Å²) in [6.45, 7) is 6.34. The summed E-state index contributed by atoms with van der Waals surface area (Å²) in [5, 5.41) is 3.04. The molecule has 0 aliphatic heterocycles. The average Bonchev–Trinajstić information content (AvgIpc) is 2.51. The van der Waals surface area contributed by atoms with Gasteiger partial charge >= 0.3 is 0 Å². The lowest BCUT2D eigenvalue weighted by atomic mass is 9.83. The SMILES string of the molecule is CCCN(C(=O)CC)C1Cc2ccccc2C(NC(C)=O)C1. The third kappa shape index (κ3) is 3.67. The number of carbonyl (C=O) groups is 2. The van der Waals surface area contributed by atoms with Crippen molar-refractivity contribution in [2.24, 2.45) is 0 Å². The van der Waals surface area contributed by atoms with Crippen molar-refractivity contribution >= 4 is 11.8 Å². The van der Waals surface area contributed by atoms with Crippen molar-refractivity contribution in [1.29, 1.82) is 0 Å². The van der Waals surface area contributed by atoms with Crippen molar-refractivity contribution in [2.45, 2.75) is 58.5 Å². The maximum absolute atomic E-state index is 12.3. The number of amides is 2. The fourth-order valence-corrected chi connectivity index (χ4v) is 3.37. The second-order valence-corrected chi connectivity index (χ2v) is 5.99. The molecule has 120 valence electrons. The van der Waals surface area contributed by atoms with Crippen LogP contribution in [0.2, 0.25) is 0 Å². The summed E-state index contributed by atoms with van der Waals surface area (Å²) in [6.07, 6.45) is 3.15. The Kier molecular flexibility index (Phi) is 5.58. The van der Waals surface area contributed by atoms with Gasteiger partial charge in [0.1, 0.15) is 0 Å². The number of fused-ring (bicyclic) bond motifs is 1. The molecule has 2 amide bonds. The average molecular weight is 302 g/mol. The second-order valence-electron chi connectivity index (χ2n) is 5.99. The Morgan fingerprint density at radius 1 is 1.27 bits per heavy atom. The first kappa shape index (κ1) is 16.5. The molecule has 1 aliphatic carbocycles. The molecule has 4 nitrogen and oxygen atoms in total. The summed E-state index contributed by atoms with van der Waals surface area (Å²) in [6, 6.07) is 8.39. The Morgan fingerprint density at radius 3 is 2.64 bits per heavy atom. The Labute approximate surface area is 132 Å². The third-order valence-electron chi connectivity index (χ3n) is 4.30. The molecule has 1 N–H and O–H groups in total. The van der Waals surface area contributed by atoms with Crippen molar-refractivity contribution in [3.05, 3.63) is 35.4 Å². The van der Waals surface area contributed by atoms with Gasteiger partial charge in [0, 0.05) is 25.9 Å². The molecule has 1 aromatic rings. The molecule has 1 aliphatic rings. The number of benzene rings is 1. The highest BCUT2D eigenvalue weighted by Gasteiger charge is 2.32. The minimum Gasteiger partial charge on any atom is -0.349 e. The fourth-order valence-electron chi connectivity index (χ4n) is 3.37. The smallest absolute Gasteiger partial charge is 0.222 e. The minimum absolute atomic E-state index is 0.00328. The molecule has 0 bridgehead atoms. The lowest BCUT2D eigenvalue weighted by molar-refractivity contribution is -0.133. The molecule has 0 fully saturated rings. The first-order valence-electron chi connectivity index (χ1n) is 8.21. The maximum atomic E-state index is 12.3. The summed E-state index contributed by atoms with van der Waals surface area (Å²) in [7, 11) is 0. The van der Waals surface area contributed by atoms with Gasteiger partial charge in [-0.05, 0) is 30.4 Å². The summed E-state index contributed by atoms with van der Waals surface area (Å²) in [5.41, 5.74) is 2.43. The number of rotatable bonds is 5. The molecule has 0 heterocycles. The van der Waals surface area contributed by atoms with Gasteiger partial charge in [0.15, 0.2) is 0 Å². The highest BCUT2D eigenvalue weighted by molar-refractivity contribution is 5.76. The monoisotopic (exact) mass is 302 g/mol. The van der Waals surface area contributed by atoms with Gasteiger partial charge < -0.3 is 10.2 Å². The molecule has 0 saturated carbocycles. The summed E-state index contributed by atoms with van der Waals surface area (Å²) < 4.78 is 0. The van der Waals surface area contributed by atoms with E-state index < -0.39 is 0 Å². The largest absolute Gasteiger partial charge is 0.349 e. The maximum Gasteiger partial charge on any atom is 0.222 e. The van der Waals surface area contributed by atoms with E-state index >= 15 is 0 Å². The van der Waals surface area contributed by atoms with E-state index in [-0.39, 0.29) is 23.9 Å². The molecule has 2 rings (SSSR count). The van der Waals surface area contributed by atoms with Crippen molar-refractivity contribution in [2.75, 3.05) is 6.54 Å². The number of nitrogens with one attached hydrogen (secondary N) is 1. The van der Waals surface area contributed by atoms with Crippen LogP contribution >= 0.6 is 0 Å². The number of hydrogen-bond acceptors (Lipinski definition) is 2. The zero-order valence-corrected chi connectivity index (χ0v) is 13.8. The summed E-state index contributed by atoms with van der Waals surface area (Å²) >= 11 is 0. The van der Waals surface area contributed by atoms with E-state index in [2.05, 4.69) is 24.4 Å². The van der Waals surface area contributed by atoms with Gasteiger partial charge in [-0.1, -0.05) is 38.1 Å². The molecular formula is C18H26N2O2. The molecule has 1 aromatic carbocycles. The van der Waals surface area contributed by atoms with E-state index in [4.69, 9.17) is 0 Å². The van der Waals surface area contributed by atoms with Gasteiger partial charge in [-0.2, -0.15) is 0 Å². The molecule has 0 aromatic heterocycles. The van der Waals surface area contributed by atoms with Gasteiger partial charge in [-0.25, -0.2) is 0 Å². The number of hydrogen-bond donors (Lipinski definition) is 1. The van der Waals surface area contributed by atoms with Crippen molar-refractivity contribution in [1.82, 2.24) is 10.2 Å². The molecule has 4 heteroatoms. The zero-order chi connectivity index (χ0) is 16.1. The zero-order valence-electron chi connectivity index (χ0n) is 13.8. The van der Waals surface area contributed by atoms with Crippen LogP contribution in [0.25, 0.3) is 0 Å². The van der Waals surface area contributed by atoms with E-state index in [1.807, 2.05) is 24.0 Å². The molecular weight excluding hydrogens is 276 g/mol. The third-order valence-corrected chi connectivity index (χ3v) is 4.30. The second kappa shape index (κ2) is 7.43. The molecule has 22 heavy (non-hydrogen) atoms. The normalized spacial score (nSPS) is 20.1. The molecule has 2 atom stereocenters. The Bertz CT molecular complexity index is 542. The van der Waals surface area contributed by atoms with Crippen molar-refractivity contribution in [3.8, 4) is 0 Å². The highest BCUT2D eigenvalue weighted by Crippen LogP contribution is 2.32. The summed E-state index contributed by atoms with van der Waals surface area (Å²) in [4.78, 5) is 25.8. The lowest BCUT2D eigenvalue weighted by Gasteiger charge is -2.39. The first-order chi connectivity index (χ1) is 10.6. The highest BCUT2D eigenvalue weighted by atomic mass is 16.2. The van der Waals surface area contributed by atoms with Crippen molar-refractivity contribution < 1.29 is 9.59 Å². The van der Waals surface area contributed by atoms with Crippen LogP contribution in [0.3, 0.4) is 0 Å². The minimum atomic E-state index is -0.0238. The predicted molar refractivity (Wildman–Crippen MR) is 87.4 cm³/mol. The van der Waals surface area contributed by atoms with E-state index in [9.17, 15) is 9.59 Å². The Balaban J connectivity index is 2.28. The van der Waals surface area contributed by atoms with Crippen LogP contribution in [-0.2, 0) is 16.0 Å². The molecule has 0 saturated heterocycles. The van der Waals surface area contributed by atoms with E-state index in [1.165, 1.54) is 11.1 Å². The predicted octanol–water partition coefficient (Wildman–Crippen LogP) is 2.83.